The first-order valence-electron chi connectivity index (χ1n) is 12.9. The molecule has 4 rings (SSSR count). The Morgan fingerprint density at radius 2 is 1.95 bits per heavy atom. The minimum atomic E-state index is -3.66. The van der Waals surface area contributed by atoms with E-state index >= 15 is 0 Å². The maximum Gasteiger partial charge on any atom is 0.338 e. The maximum absolute atomic E-state index is 14.0. The van der Waals surface area contributed by atoms with Crippen LogP contribution in [0.2, 0.25) is 0 Å². The number of aromatic nitrogens is 1. The Hall–Kier alpha value is -3.17. The van der Waals surface area contributed by atoms with Crippen LogP contribution in [0.15, 0.2) is 74.8 Å². The third-order valence-corrected chi connectivity index (χ3v) is 8.23. The highest BCUT2D eigenvalue weighted by Crippen LogP contribution is 2.37. The molecule has 0 unspecified atom stereocenters. The molecule has 1 atom stereocenters. The van der Waals surface area contributed by atoms with Crippen LogP contribution < -0.4 is 10.1 Å². The Balaban J connectivity index is 1.78. The maximum atomic E-state index is 14.0. The monoisotopic (exact) mass is 680 g/mol. The number of halogens is 2. The van der Waals surface area contributed by atoms with Crippen LogP contribution in [0.3, 0.4) is 0 Å². The molecule has 0 amide bonds. The number of carbonyl (C=O) groups is 1. The summed E-state index contributed by atoms with van der Waals surface area (Å²) in [4.78, 5) is 24.7. The Labute approximate surface area is 256 Å². The molecule has 0 bridgehead atoms. The second-order valence-electron chi connectivity index (χ2n) is 9.21. The van der Waals surface area contributed by atoms with Crippen molar-refractivity contribution in [1.82, 2.24) is 15.2 Å². The second kappa shape index (κ2) is 14.3. The lowest BCUT2D eigenvalue weighted by Gasteiger charge is -2.31. The minimum Gasteiger partial charge on any atom is -0.497 e. The number of aliphatic imine (C=N–C) groups is 1. The summed E-state index contributed by atoms with van der Waals surface area (Å²) in [6, 6.07) is 10.8. The van der Waals surface area contributed by atoms with Crippen LogP contribution >= 0.6 is 27.3 Å². The largest absolute Gasteiger partial charge is 0.497 e. The number of benzene rings is 2. The Morgan fingerprint density at radius 1 is 1.19 bits per heavy atom. The predicted molar refractivity (Wildman–Crippen MR) is 161 cm³/mol. The van der Waals surface area contributed by atoms with E-state index in [2.05, 4.69) is 26.2 Å². The topological polar surface area (TPSA) is 119 Å². The van der Waals surface area contributed by atoms with Gasteiger partial charge in [-0.2, -0.15) is 8.42 Å². The van der Waals surface area contributed by atoms with Gasteiger partial charge >= 0.3 is 5.97 Å². The lowest BCUT2D eigenvalue weighted by atomic mass is 9.95. The number of hydrogen-bond acceptors (Lipinski definition) is 11. The molecule has 0 aliphatic carbocycles. The number of nitrogens with one attached hydrogen (secondary N) is 1. The lowest BCUT2D eigenvalue weighted by Crippen LogP contribution is -2.40. The molecule has 42 heavy (non-hydrogen) atoms. The minimum absolute atomic E-state index is 0.0998. The molecule has 1 aliphatic rings. The van der Waals surface area contributed by atoms with Crippen molar-refractivity contribution in [3.8, 4) is 5.75 Å². The number of methoxy groups -OCH3 is 1. The van der Waals surface area contributed by atoms with Gasteiger partial charge in [0.15, 0.2) is 10.8 Å². The summed E-state index contributed by atoms with van der Waals surface area (Å²) in [5, 5.41) is 5.69. The molecule has 0 saturated carbocycles. The summed E-state index contributed by atoms with van der Waals surface area (Å²) in [6.45, 7) is 2.53. The number of esters is 1. The van der Waals surface area contributed by atoms with E-state index in [-0.39, 0.29) is 31.9 Å². The van der Waals surface area contributed by atoms with Crippen molar-refractivity contribution in [2.45, 2.75) is 19.5 Å². The number of rotatable bonds is 13. The molecule has 0 radical (unpaired) electrons. The number of thiazole rings is 1. The standard InChI is InChI=1S/C28H30BrFN4O6S2/c1-4-39-28(35)24-23(17-34(12-13-40-42(3,36)37)16-18-5-8-20(38-2)9-6-18)32-26(27-31-11-14-41-27)33-25(24)21-10-7-19(30)15-22(21)29/h5-11,14-15,25H,4,12-13,16-17H2,1-3H3,(H,32,33)/t25-/m0/s1. The molecule has 14 heteroatoms. The molecule has 0 fully saturated rings. The van der Waals surface area contributed by atoms with Crippen molar-refractivity contribution in [2.75, 3.05) is 39.7 Å². The summed E-state index contributed by atoms with van der Waals surface area (Å²) >= 11 is 4.80. The van der Waals surface area contributed by atoms with Crippen molar-refractivity contribution in [2.24, 2.45) is 4.99 Å². The quantitative estimate of drug-likeness (QED) is 0.206. The van der Waals surface area contributed by atoms with Crippen LogP contribution in [0.25, 0.3) is 0 Å². The summed E-state index contributed by atoms with van der Waals surface area (Å²) in [7, 11) is -2.08. The van der Waals surface area contributed by atoms with Crippen LogP contribution in [-0.4, -0.2) is 69.8 Å². The summed E-state index contributed by atoms with van der Waals surface area (Å²) < 4.78 is 53.6. The third-order valence-electron chi connectivity index (χ3n) is 6.17. The van der Waals surface area contributed by atoms with Crippen LogP contribution in [0.1, 0.15) is 29.1 Å². The average Bonchev–Trinajstić information content (AvgIpc) is 3.48. The van der Waals surface area contributed by atoms with Crippen molar-refractivity contribution in [3.05, 3.63) is 91.7 Å². The zero-order valence-electron chi connectivity index (χ0n) is 23.2. The van der Waals surface area contributed by atoms with Gasteiger partial charge in [-0.15, -0.1) is 11.3 Å². The van der Waals surface area contributed by atoms with Gasteiger partial charge in [0.05, 0.1) is 32.2 Å². The molecule has 10 nitrogen and oxygen atoms in total. The second-order valence-corrected chi connectivity index (χ2v) is 12.6. The Morgan fingerprint density at radius 3 is 2.57 bits per heavy atom. The third kappa shape index (κ3) is 8.44. The average molecular weight is 682 g/mol. The zero-order valence-corrected chi connectivity index (χ0v) is 26.4. The number of hydrogen-bond donors (Lipinski definition) is 1. The van der Waals surface area contributed by atoms with E-state index in [1.165, 1.54) is 23.5 Å². The molecule has 224 valence electrons. The fraction of sp³-hybridized carbons (Fsp3) is 0.321. The van der Waals surface area contributed by atoms with Gasteiger partial charge < -0.3 is 14.8 Å². The van der Waals surface area contributed by atoms with E-state index in [1.54, 1.807) is 26.3 Å². The fourth-order valence-electron chi connectivity index (χ4n) is 4.31. The van der Waals surface area contributed by atoms with Crippen molar-refractivity contribution in [1.29, 1.82) is 0 Å². The van der Waals surface area contributed by atoms with Gasteiger partial charge in [-0.05, 0) is 42.3 Å². The summed E-state index contributed by atoms with van der Waals surface area (Å²) in [5.74, 6) is 0.108. The zero-order chi connectivity index (χ0) is 30.3. The number of carbonyl (C=O) groups excluding carboxylic acids is 1. The van der Waals surface area contributed by atoms with Gasteiger partial charge in [-0.3, -0.25) is 14.1 Å². The van der Waals surface area contributed by atoms with Gasteiger partial charge in [-0.25, -0.2) is 14.2 Å². The Kier molecular flexibility index (Phi) is 10.8. The molecular formula is C28H30BrFN4O6S2. The van der Waals surface area contributed by atoms with E-state index < -0.39 is 27.9 Å². The number of nitrogens with zero attached hydrogens (tertiary/aromatic N) is 3. The summed E-state index contributed by atoms with van der Waals surface area (Å²) in [6.07, 6.45) is 2.64. The molecule has 2 aromatic carbocycles. The van der Waals surface area contributed by atoms with Gasteiger partial charge in [0, 0.05) is 41.4 Å². The van der Waals surface area contributed by atoms with Crippen molar-refractivity contribution in [3.63, 3.8) is 0 Å². The highest BCUT2D eigenvalue weighted by atomic mass is 79.9. The first-order valence-corrected chi connectivity index (χ1v) is 16.4. The highest BCUT2D eigenvalue weighted by Gasteiger charge is 2.34. The highest BCUT2D eigenvalue weighted by molar-refractivity contribution is 9.10. The van der Waals surface area contributed by atoms with E-state index in [1.807, 2.05) is 34.5 Å². The van der Waals surface area contributed by atoms with Gasteiger partial charge in [0.2, 0.25) is 0 Å². The van der Waals surface area contributed by atoms with Crippen molar-refractivity contribution >= 4 is 49.2 Å². The first-order chi connectivity index (χ1) is 20.1. The molecule has 0 spiro atoms. The van der Waals surface area contributed by atoms with E-state index in [9.17, 15) is 17.6 Å². The predicted octanol–water partition coefficient (Wildman–Crippen LogP) is 4.44. The molecule has 1 aliphatic heterocycles. The lowest BCUT2D eigenvalue weighted by molar-refractivity contribution is -0.139. The normalized spacial score (nSPS) is 15.4. The van der Waals surface area contributed by atoms with Crippen molar-refractivity contribution < 1.29 is 31.3 Å². The fourth-order valence-corrected chi connectivity index (χ4v) is 5.84. The smallest absolute Gasteiger partial charge is 0.338 e. The molecule has 2 heterocycles. The van der Waals surface area contributed by atoms with Gasteiger partial charge in [0.1, 0.15) is 17.6 Å². The number of ether oxygens (including phenoxy) is 2. The van der Waals surface area contributed by atoms with E-state index in [0.717, 1.165) is 11.8 Å². The number of amidine groups is 1. The molecular weight excluding hydrogens is 651 g/mol. The van der Waals surface area contributed by atoms with Gasteiger partial charge in [0.25, 0.3) is 10.1 Å². The van der Waals surface area contributed by atoms with E-state index in [4.69, 9.17) is 18.6 Å². The van der Waals surface area contributed by atoms with Crippen LogP contribution in [-0.2, 0) is 30.4 Å². The van der Waals surface area contributed by atoms with Gasteiger partial charge in [-0.1, -0.05) is 34.1 Å². The molecule has 3 aromatic rings. The molecule has 1 aromatic heterocycles. The van der Waals surface area contributed by atoms with Crippen LogP contribution in [0.5, 0.6) is 5.75 Å². The summed E-state index contributed by atoms with van der Waals surface area (Å²) in [5.41, 5.74) is 2.22. The van der Waals surface area contributed by atoms with Crippen LogP contribution in [0.4, 0.5) is 4.39 Å². The first kappa shape index (κ1) is 31.8. The SMILES string of the molecule is CCOC(=O)C1=C(CN(CCOS(C)(=O)=O)Cc2ccc(OC)cc2)NC(c2nccs2)=N[C@H]1c1ccc(F)cc1Br. The van der Waals surface area contributed by atoms with E-state index in [0.29, 0.717) is 38.9 Å². The Bertz CT molecular complexity index is 1560. The molecule has 0 saturated heterocycles. The van der Waals surface area contributed by atoms with Crippen LogP contribution in [0, 0.1) is 5.82 Å². The molecule has 1 N–H and O–H groups in total.